The van der Waals surface area contributed by atoms with Gasteiger partial charge in [0.2, 0.25) is 0 Å². The molecule has 2 heterocycles. The quantitative estimate of drug-likeness (QED) is 0.813. The molecule has 1 aliphatic heterocycles. The highest BCUT2D eigenvalue weighted by Gasteiger charge is 2.33. The summed E-state index contributed by atoms with van der Waals surface area (Å²) in [6.45, 7) is 2.95. The summed E-state index contributed by atoms with van der Waals surface area (Å²) in [5, 5.41) is 0. The monoisotopic (exact) mass is 259 g/mol. The maximum Gasteiger partial charge on any atom is 0.133 e. The molecule has 0 spiro atoms. The summed E-state index contributed by atoms with van der Waals surface area (Å²) in [7, 11) is 0. The summed E-state index contributed by atoms with van der Waals surface area (Å²) in [6, 6.07) is 2.79. The van der Waals surface area contributed by atoms with Gasteiger partial charge in [-0.2, -0.15) is 0 Å². The Bertz CT molecular complexity index is 450. The van der Waals surface area contributed by atoms with Crippen molar-refractivity contribution < 1.29 is 4.74 Å². The fourth-order valence-corrected chi connectivity index (χ4v) is 2.88. The summed E-state index contributed by atoms with van der Waals surface area (Å²) in [6.07, 6.45) is 8.31. The minimum atomic E-state index is 0.635. The van der Waals surface area contributed by atoms with Gasteiger partial charge in [0.25, 0.3) is 0 Å². The second-order valence-electron chi connectivity index (χ2n) is 6.16. The van der Waals surface area contributed by atoms with Gasteiger partial charge in [-0.3, -0.25) is 0 Å². The van der Waals surface area contributed by atoms with Crippen molar-refractivity contribution in [2.75, 3.05) is 24.7 Å². The van der Waals surface area contributed by atoms with Crippen LogP contribution in [0.3, 0.4) is 0 Å². The summed E-state index contributed by atoms with van der Waals surface area (Å²) >= 11 is 0. The van der Waals surface area contributed by atoms with E-state index in [0.29, 0.717) is 17.9 Å². The number of ether oxygens (including phenoxy) is 1. The van der Waals surface area contributed by atoms with Gasteiger partial charge in [0.05, 0.1) is 6.61 Å². The van der Waals surface area contributed by atoms with Crippen LogP contribution in [-0.4, -0.2) is 35.8 Å². The van der Waals surface area contributed by atoms with Gasteiger partial charge in [0.1, 0.15) is 11.6 Å². The van der Waals surface area contributed by atoms with Gasteiger partial charge >= 0.3 is 0 Å². The van der Waals surface area contributed by atoms with Crippen molar-refractivity contribution in [3.05, 3.63) is 18.1 Å². The average Bonchev–Trinajstić information content (AvgIpc) is 3.36. The normalized spacial score (nSPS) is 26.6. The standard InChI is InChI=1S/C15H21N3O/c1-2-12(1)15-16-7-5-14(17-15)18(13-3-4-13)9-11-6-8-19-10-11/h5,7,11-13H,1-4,6,8-10H2. The van der Waals surface area contributed by atoms with Gasteiger partial charge in [-0.15, -0.1) is 0 Å². The molecule has 1 saturated heterocycles. The molecule has 19 heavy (non-hydrogen) atoms. The number of nitrogens with zero attached hydrogens (tertiary/aromatic N) is 3. The molecular formula is C15H21N3O. The van der Waals surface area contributed by atoms with E-state index in [9.17, 15) is 0 Å². The summed E-state index contributed by atoms with van der Waals surface area (Å²) in [5.41, 5.74) is 0. The van der Waals surface area contributed by atoms with Gasteiger partial charge in [-0.1, -0.05) is 0 Å². The fourth-order valence-electron chi connectivity index (χ4n) is 2.88. The fraction of sp³-hybridized carbons (Fsp3) is 0.733. The first-order chi connectivity index (χ1) is 9.40. The lowest BCUT2D eigenvalue weighted by molar-refractivity contribution is 0.186. The molecule has 0 amide bonds. The van der Waals surface area contributed by atoms with Crippen LogP contribution in [0, 0.1) is 5.92 Å². The van der Waals surface area contributed by atoms with Crippen molar-refractivity contribution in [2.24, 2.45) is 5.92 Å². The molecule has 1 atom stereocenters. The van der Waals surface area contributed by atoms with Crippen LogP contribution in [0.4, 0.5) is 5.82 Å². The number of anilines is 1. The number of hydrogen-bond acceptors (Lipinski definition) is 4. The molecule has 4 nitrogen and oxygen atoms in total. The lowest BCUT2D eigenvalue weighted by Crippen LogP contribution is -2.32. The van der Waals surface area contributed by atoms with E-state index in [1.807, 2.05) is 6.20 Å². The highest BCUT2D eigenvalue weighted by molar-refractivity contribution is 5.41. The van der Waals surface area contributed by atoms with Crippen molar-refractivity contribution >= 4 is 5.82 Å². The van der Waals surface area contributed by atoms with E-state index in [0.717, 1.165) is 31.4 Å². The van der Waals surface area contributed by atoms with Gasteiger partial charge in [0, 0.05) is 37.2 Å². The van der Waals surface area contributed by atoms with Crippen molar-refractivity contribution in [3.63, 3.8) is 0 Å². The molecule has 0 N–H and O–H groups in total. The van der Waals surface area contributed by atoms with E-state index in [-0.39, 0.29) is 0 Å². The first kappa shape index (κ1) is 11.6. The smallest absolute Gasteiger partial charge is 0.133 e. The average molecular weight is 259 g/mol. The molecular weight excluding hydrogens is 238 g/mol. The third kappa shape index (κ3) is 2.59. The number of rotatable bonds is 5. The molecule has 102 valence electrons. The zero-order valence-electron chi connectivity index (χ0n) is 11.3. The number of aromatic nitrogens is 2. The van der Waals surface area contributed by atoms with Crippen molar-refractivity contribution in [1.29, 1.82) is 0 Å². The van der Waals surface area contributed by atoms with Gasteiger partial charge in [0.15, 0.2) is 0 Å². The third-order valence-electron chi connectivity index (χ3n) is 4.36. The molecule has 2 aliphatic carbocycles. The second kappa shape index (κ2) is 4.75. The van der Waals surface area contributed by atoms with Crippen LogP contribution in [0.2, 0.25) is 0 Å². The molecule has 0 aromatic carbocycles. The predicted molar refractivity (Wildman–Crippen MR) is 73.3 cm³/mol. The zero-order chi connectivity index (χ0) is 12.7. The van der Waals surface area contributed by atoms with Crippen LogP contribution in [0.25, 0.3) is 0 Å². The molecule has 4 heteroatoms. The maximum absolute atomic E-state index is 5.51. The van der Waals surface area contributed by atoms with Gasteiger partial charge < -0.3 is 9.64 Å². The summed E-state index contributed by atoms with van der Waals surface area (Å²) in [5.74, 6) is 3.52. The molecule has 3 fully saturated rings. The van der Waals surface area contributed by atoms with E-state index in [1.54, 1.807) is 0 Å². The highest BCUT2D eigenvalue weighted by atomic mass is 16.5. The highest BCUT2D eigenvalue weighted by Crippen LogP contribution is 2.39. The van der Waals surface area contributed by atoms with E-state index in [2.05, 4.69) is 16.0 Å². The Balaban J connectivity index is 1.53. The largest absolute Gasteiger partial charge is 0.381 e. The maximum atomic E-state index is 5.51. The number of hydrogen-bond donors (Lipinski definition) is 0. The Labute approximate surface area is 114 Å². The van der Waals surface area contributed by atoms with Crippen LogP contribution in [0.15, 0.2) is 12.3 Å². The molecule has 0 radical (unpaired) electrons. The van der Waals surface area contributed by atoms with Gasteiger partial charge in [-0.25, -0.2) is 9.97 Å². The van der Waals surface area contributed by atoms with Crippen LogP contribution in [0.5, 0.6) is 0 Å². The van der Waals surface area contributed by atoms with E-state index >= 15 is 0 Å². The Morgan fingerprint density at radius 3 is 2.79 bits per heavy atom. The van der Waals surface area contributed by atoms with E-state index in [4.69, 9.17) is 9.72 Å². The Hall–Kier alpha value is -1.16. The van der Waals surface area contributed by atoms with E-state index < -0.39 is 0 Å². The summed E-state index contributed by atoms with van der Waals surface area (Å²) < 4.78 is 5.51. The first-order valence-electron chi connectivity index (χ1n) is 7.57. The minimum Gasteiger partial charge on any atom is -0.381 e. The summed E-state index contributed by atoms with van der Waals surface area (Å²) in [4.78, 5) is 11.8. The lowest BCUT2D eigenvalue weighted by Gasteiger charge is -2.26. The Kier molecular flexibility index (Phi) is 2.91. The predicted octanol–water partition coefficient (Wildman–Crippen LogP) is 2.36. The Morgan fingerprint density at radius 1 is 1.21 bits per heavy atom. The molecule has 1 aromatic rings. The van der Waals surface area contributed by atoms with Crippen molar-refractivity contribution in [1.82, 2.24) is 9.97 Å². The molecule has 4 rings (SSSR count). The molecule has 3 aliphatic rings. The lowest BCUT2D eigenvalue weighted by atomic mass is 10.1. The molecule has 0 bridgehead atoms. The third-order valence-corrected chi connectivity index (χ3v) is 4.36. The molecule has 1 unspecified atom stereocenters. The molecule has 2 saturated carbocycles. The Morgan fingerprint density at radius 2 is 2.11 bits per heavy atom. The van der Waals surface area contributed by atoms with Crippen LogP contribution in [0.1, 0.15) is 43.8 Å². The van der Waals surface area contributed by atoms with Crippen molar-refractivity contribution in [3.8, 4) is 0 Å². The van der Waals surface area contributed by atoms with Crippen molar-refractivity contribution in [2.45, 2.75) is 44.1 Å². The van der Waals surface area contributed by atoms with E-state index in [1.165, 1.54) is 32.1 Å². The van der Waals surface area contributed by atoms with Gasteiger partial charge in [-0.05, 0) is 38.2 Å². The SMILES string of the molecule is c1cc(N(CC2CCOC2)C2CC2)nc(C2CC2)n1. The second-order valence-corrected chi connectivity index (χ2v) is 6.16. The van der Waals surface area contributed by atoms with Crippen LogP contribution < -0.4 is 4.90 Å². The molecule has 1 aromatic heterocycles. The first-order valence-corrected chi connectivity index (χ1v) is 7.57. The van der Waals surface area contributed by atoms with Crippen LogP contribution in [-0.2, 0) is 4.74 Å². The van der Waals surface area contributed by atoms with Crippen LogP contribution >= 0.6 is 0 Å². The zero-order valence-corrected chi connectivity index (χ0v) is 11.3. The topological polar surface area (TPSA) is 38.2 Å². The minimum absolute atomic E-state index is 0.635.